The van der Waals surface area contributed by atoms with Crippen LogP contribution in [0.5, 0.6) is 0 Å². The number of morpholine rings is 1. The highest BCUT2D eigenvalue weighted by molar-refractivity contribution is 5.83. The van der Waals surface area contributed by atoms with Gasteiger partial charge in [0.05, 0.1) is 12.7 Å². The van der Waals surface area contributed by atoms with Crippen LogP contribution in [0.2, 0.25) is 0 Å². The summed E-state index contributed by atoms with van der Waals surface area (Å²) < 4.78 is 19.0. The number of carbonyl (C=O) groups is 2. The zero-order chi connectivity index (χ0) is 17.8. The predicted molar refractivity (Wildman–Crippen MR) is 90.3 cm³/mol. The summed E-state index contributed by atoms with van der Waals surface area (Å²) in [5, 5.41) is 5.80. The van der Waals surface area contributed by atoms with Crippen LogP contribution in [0.3, 0.4) is 0 Å². The van der Waals surface area contributed by atoms with Gasteiger partial charge in [-0.3, -0.25) is 14.5 Å². The first-order chi connectivity index (χ1) is 12.0. The molecule has 1 saturated heterocycles. The molecule has 136 valence electrons. The van der Waals surface area contributed by atoms with Crippen LogP contribution in [-0.4, -0.2) is 55.1 Å². The Kier molecular flexibility index (Phi) is 5.65. The second-order valence-corrected chi connectivity index (χ2v) is 6.66. The van der Waals surface area contributed by atoms with Crippen LogP contribution < -0.4 is 10.6 Å². The maximum atomic E-state index is 13.3. The van der Waals surface area contributed by atoms with Crippen molar-refractivity contribution in [3.63, 3.8) is 0 Å². The zero-order valence-corrected chi connectivity index (χ0v) is 14.3. The lowest BCUT2D eigenvalue weighted by atomic mass is 10.0. The summed E-state index contributed by atoms with van der Waals surface area (Å²) in [7, 11) is 0. The largest absolute Gasteiger partial charge is 0.374 e. The zero-order valence-electron chi connectivity index (χ0n) is 14.3. The molecule has 1 aromatic rings. The van der Waals surface area contributed by atoms with Gasteiger partial charge in [0, 0.05) is 32.6 Å². The summed E-state index contributed by atoms with van der Waals surface area (Å²) in [6, 6.07) is 5.84. The SMILES string of the molecule is CC(=O)NC[C@H]1CN([C@H](C(=O)NC2CC2)c2ccc(F)cc2)CCO1. The number of ether oxygens (including phenoxy) is 1. The molecular weight excluding hydrogens is 325 g/mol. The number of hydrogen-bond donors (Lipinski definition) is 2. The van der Waals surface area contributed by atoms with Crippen molar-refractivity contribution in [3.05, 3.63) is 35.6 Å². The van der Waals surface area contributed by atoms with Crippen LogP contribution in [0.4, 0.5) is 4.39 Å². The van der Waals surface area contributed by atoms with E-state index in [9.17, 15) is 14.0 Å². The molecule has 0 radical (unpaired) electrons. The molecule has 0 unspecified atom stereocenters. The molecular formula is C18H24FN3O3. The van der Waals surface area contributed by atoms with Crippen molar-refractivity contribution in [2.24, 2.45) is 0 Å². The number of halogens is 1. The lowest BCUT2D eigenvalue weighted by Crippen LogP contribution is -2.51. The molecule has 0 aromatic heterocycles. The van der Waals surface area contributed by atoms with Gasteiger partial charge in [-0.1, -0.05) is 12.1 Å². The van der Waals surface area contributed by atoms with E-state index in [1.54, 1.807) is 12.1 Å². The van der Waals surface area contributed by atoms with E-state index < -0.39 is 6.04 Å². The Labute approximate surface area is 146 Å². The third kappa shape index (κ3) is 4.99. The van der Waals surface area contributed by atoms with E-state index in [0.717, 1.165) is 18.4 Å². The average molecular weight is 349 g/mol. The Bertz CT molecular complexity index is 618. The molecule has 2 fully saturated rings. The van der Waals surface area contributed by atoms with Crippen LogP contribution in [0.1, 0.15) is 31.4 Å². The average Bonchev–Trinajstić information content (AvgIpc) is 3.39. The summed E-state index contributed by atoms with van der Waals surface area (Å²) >= 11 is 0. The predicted octanol–water partition coefficient (Wildman–Crippen LogP) is 0.982. The van der Waals surface area contributed by atoms with Gasteiger partial charge in [0.25, 0.3) is 0 Å². The fourth-order valence-electron chi connectivity index (χ4n) is 3.04. The van der Waals surface area contributed by atoms with Crippen molar-refractivity contribution >= 4 is 11.8 Å². The van der Waals surface area contributed by atoms with Crippen LogP contribution in [0.15, 0.2) is 24.3 Å². The maximum absolute atomic E-state index is 13.3. The minimum Gasteiger partial charge on any atom is -0.374 e. The molecule has 3 rings (SSSR count). The molecule has 0 spiro atoms. The van der Waals surface area contributed by atoms with Gasteiger partial charge in [-0.15, -0.1) is 0 Å². The Balaban J connectivity index is 1.74. The standard InChI is InChI=1S/C18H24FN3O3/c1-12(23)20-10-16-11-22(8-9-25-16)17(18(24)21-15-6-7-15)13-2-4-14(19)5-3-13/h2-5,15-17H,6-11H2,1H3,(H,20,23)(H,21,24)/t16-,17-/m0/s1. The highest BCUT2D eigenvalue weighted by atomic mass is 19.1. The van der Waals surface area contributed by atoms with Crippen molar-refractivity contribution in [1.29, 1.82) is 0 Å². The van der Waals surface area contributed by atoms with E-state index in [1.165, 1.54) is 19.1 Å². The molecule has 1 aliphatic carbocycles. The molecule has 7 heteroatoms. The lowest BCUT2D eigenvalue weighted by Gasteiger charge is -2.37. The Hall–Kier alpha value is -1.99. The number of amides is 2. The number of rotatable bonds is 6. The Morgan fingerprint density at radius 1 is 1.32 bits per heavy atom. The molecule has 1 aromatic carbocycles. The van der Waals surface area contributed by atoms with Crippen LogP contribution in [0, 0.1) is 5.82 Å². The Morgan fingerprint density at radius 3 is 2.68 bits per heavy atom. The van der Waals surface area contributed by atoms with E-state index >= 15 is 0 Å². The summed E-state index contributed by atoms with van der Waals surface area (Å²) in [4.78, 5) is 25.9. The van der Waals surface area contributed by atoms with E-state index in [4.69, 9.17) is 4.74 Å². The fourth-order valence-corrected chi connectivity index (χ4v) is 3.04. The number of benzene rings is 1. The van der Waals surface area contributed by atoms with E-state index in [2.05, 4.69) is 10.6 Å². The van der Waals surface area contributed by atoms with Crippen LogP contribution in [0.25, 0.3) is 0 Å². The summed E-state index contributed by atoms with van der Waals surface area (Å²) in [5.74, 6) is -0.493. The third-order valence-corrected chi connectivity index (χ3v) is 4.47. The van der Waals surface area contributed by atoms with Gasteiger partial charge in [-0.2, -0.15) is 0 Å². The molecule has 25 heavy (non-hydrogen) atoms. The first kappa shape index (κ1) is 17.8. The normalized spacial score (nSPS) is 22.2. The van der Waals surface area contributed by atoms with E-state index in [-0.39, 0.29) is 29.8 Å². The minimum absolute atomic E-state index is 0.0608. The minimum atomic E-state index is -0.482. The smallest absolute Gasteiger partial charge is 0.242 e. The molecule has 2 N–H and O–H groups in total. The summed E-state index contributed by atoms with van der Waals surface area (Å²) in [6.45, 7) is 3.49. The second-order valence-electron chi connectivity index (χ2n) is 6.66. The quantitative estimate of drug-likeness (QED) is 0.803. The van der Waals surface area contributed by atoms with Crippen molar-refractivity contribution < 1.29 is 18.7 Å². The highest BCUT2D eigenvalue weighted by Crippen LogP contribution is 2.26. The van der Waals surface area contributed by atoms with Crippen molar-refractivity contribution in [2.45, 2.75) is 38.0 Å². The molecule has 2 atom stereocenters. The topological polar surface area (TPSA) is 70.7 Å². The molecule has 1 saturated carbocycles. The van der Waals surface area contributed by atoms with Crippen molar-refractivity contribution in [2.75, 3.05) is 26.2 Å². The molecule has 2 amide bonds. The van der Waals surface area contributed by atoms with Gasteiger partial charge in [-0.05, 0) is 30.5 Å². The van der Waals surface area contributed by atoms with Gasteiger partial charge >= 0.3 is 0 Å². The van der Waals surface area contributed by atoms with Crippen molar-refractivity contribution in [3.8, 4) is 0 Å². The number of carbonyl (C=O) groups excluding carboxylic acids is 2. The van der Waals surface area contributed by atoms with Gasteiger partial charge in [0.1, 0.15) is 11.9 Å². The number of hydrogen-bond acceptors (Lipinski definition) is 4. The van der Waals surface area contributed by atoms with Crippen molar-refractivity contribution in [1.82, 2.24) is 15.5 Å². The first-order valence-electron chi connectivity index (χ1n) is 8.69. The molecule has 2 aliphatic rings. The fraction of sp³-hybridized carbons (Fsp3) is 0.556. The molecule has 1 heterocycles. The second kappa shape index (κ2) is 7.93. The maximum Gasteiger partial charge on any atom is 0.242 e. The first-order valence-corrected chi connectivity index (χ1v) is 8.69. The number of nitrogens with zero attached hydrogens (tertiary/aromatic N) is 1. The number of nitrogens with one attached hydrogen (secondary N) is 2. The molecule has 6 nitrogen and oxygen atoms in total. The van der Waals surface area contributed by atoms with Gasteiger partial charge in [0.15, 0.2) is 0 Å². The highest BCUT2D eigenvalue weighted by Gasteiger charge is 2.34. The monoisotopic (exact) mass is 349 g/mol. The van der Waals surface area contributed by atoms with E-state index in [0.29, 0.717) is 26.2 Å². The molecule has 0 bridgehead atoms. The summed E-state index contributed by atoms with van der Waals surface area (Å²) in [6.07, 6.45) is 1.85. The van der Waals surface area contributed by atoms with Gasteiger partial charge in [-0.25, -0.2) is 4.39 Å². The third-order valence-electron chi connectivity index (χ3n) is 4.47. The van der Waals surface area contributed by atoms with Crippen LogP contribution >= 0.6 is 0 Å². The lowest BCUT2D eigenvalue weighted by molar-refractivity contribution is -0.131. The van der Waals surface area contributed by atoms with Gasteiger partial charge < -0.3 is 15.4 Å². The van der Waals surface area contributed by atoms with Gasteiger partial charge in [0.2, 0.25) is 11.8 Å². The summed E-state index contributed by atoms with van der Waals surface area (Å²) in [5.41, 5.74) is 0.764. The van der Waals surface area contributed by atoms with E-state index in [1.807, 2.05) is 4.90 Å². The van der Waals surface area contributed by atoms with Crippen LogP contribution in [-0.2, 0) is 14.3 Å². The Morgan fingerprint density at radius 2 is 2.04 bits per heavy atom. The molecule has 1 aliphatic heterocycles.